The fraction of sp³-hybridized carbons (Fsp3) is 0.353. The Balaban J connectivity index is 1.87. The van der Waals surface area contributed by atoms with Crippen molar-refractivity contribution in [3.8, 4) is 0 Å². The molecule has 1 unspecified atom stereocenters. The second-order valence-corrected chi connectivity index (χ2v) is 6.61. The Bertz CT molecular complexity index is 555. The average molecular weight is 322 g/mol. The molecule has 0 fully saturated rings. The topological polar surface area (TPSA) is 29.1 Å². The Morgan fingerprint density at radius 1 is 1.24 bits per heavy atom. The summed E-state index contributed by atoms with van der Waals surface area (Å²) >= 11 is 7.83. The lowest BCUT2D eigenvalue weighted by molar-refractivity contribution is -0.122. The summed E-state index contributed by atoms with van der Waals surface area (Å²) < 4.78 is 0. The lowest BCUT2D eigenvalue weighted by Gasteiger charge is -2.29. The molecule has 0 aliphatic rings. The number of alkyl halides is 1. The van der Waals surface area contributed by atoms with Crippen molar-refractivity contribution in [2.24, 2.45) is 0 Å². The maximum absolute atomic E-state index is 12.2. The van der Waals surface area contributed by atoms with Crippen molar-refractivity contribution in [2.45, 2.75) is 31.7 Å². The van der Waals surface area contributed by atoms with Crippen LogP contribution in [0, 0.1) is 0 Å². The summed E-state index contributed by atoms with van der Waals surface area (Å²) in [6.07, 6.45) is 2.34. The van der Waals surface area contributed by atoms with Gasteiger partial charge in [0, 0.05) is 17.2 Å². The number of hydrogen-bond acceptors (Lipinski definition) is 2. The monoisotopic (exact) mass is 321 g/mol. The molecule has 1 amide bonds. The van der Waals surface area contributed by atoms with Crippen molar-refractivity contribution in [3.05, 3.63) is 58.3 Å². The van der Waals surface area contributed by atoms with Gasteiger partial charge in [0.15, 0.2) is 0 Å². The summed E-state index contributed by atoms with van der Waals surface area (Å²) in [5, 5.41) is 5.14. The zero-order chi connectivity index (χ0) is 15.1. The molecule has 1 atom stereocenters. The fourth-order valence-electron chi connectivity index (χ4n) is 2.24. The molecule has 2 aromatic rings. The first kappa shape index (κ1) is 16.1. The van der Waals surface area contributed by atoms with Crippen molar-refractivity contribution >= 4 is 28.8 Å². The largest absolute Gasteiger partial charge is 0.346 e. The van der Waals surface area contributed by atoms with E-state index in [0.29, 0.717) is 12.3 Å². The van der Waals surface area contributed by atoms with E-state index in [2.05, 4.69) is 16.8 Å². The van der Waals surface area contributed by atoms with Gasteiger partial charge in [-0.3, -0.25) is 4.79 Å². The van der Waals surface area contributed by atoms with E-state index >= 15 is 0 Å². The highest BCUT2D eigenvalue weighted by Crippen LogP contribution is 2.22. The van der Waals surface area contributed by atoms with E-state index in [4.69, 9.17) is 11.6 Å². The van der Waals surface area contributed by atoms with Crippen molar-refractivity contribution in [1.82, 2.24) is 5.32 Å². The number of thiophene rings is 1. The minimum Gasteiger partial charge on any atom is -0.346 e. The Kier molecular flexibility index (Phi) is 5.83. The van der Waals surface area contributed by atoms with Crippen LogP contribution in [0.2, 0.25) is 0 Å². The number of aryl methyl sites for hydroxylation is 1. The van der Waals surface area contributed by atoms with Crippen molar-refractivity contribution in [3.63, 3.8) is 0 Å². The summed E-state index contributed by atoms with van der Waals surface area (Å²) in [4.78, 5) is 13.5. The number of benzene rings is 1. The number of rotatable bonds is 7. The molecule has 1 heterocycles. The Labute approximate surface area is 135 Å². The molecule has 1 N–H and O–H groups in total. The van der Waals surface area contributed by atoms with Gasteiger partial charge >= 0.3 is 0 Å². The molecule has 2 nitrogen and oxygen atoms in total. The number of halogens is 1. The first-order valence-corrected chi connectivity index (χ1v) is 8.50. The number of hydrogen-bond donors (Lipinski definition) is 1. The standard InChI is InChI=1S/C17H20ClNOS/c1-17(13-18,14-7-3-2-4-8-14)19-16(20)11-5-9-15-10-6-12-21-15/h2-4,6-8,10,12H,5,9,11,13H2,1H3,(H,19,20). The highest BCUT2D eigenvalue weighted by molar-refractivity contribution is 7.09. The molecule has 2 rings (SSSR count). The normalized spacial score (nSPS) is 13.6. The van der Waals surface area contributed by atoms with Gasteiger partial charge in [0.05, 0.1) is 5.54 Å². The van der Waals surface area contributed by atoms with Gasteiger partial charge in [0.25, 0.3) is 0 Å². The van der Waals surface area contributed by atoms with Gasteiger partial charge in [-0.2, -0.15) is 0 Å². The van der Waals surface area contributed by atoms with Crippen LogP contribution in [0.1, 0.15) is 30.2 Å². The minimum absolute atomic E-state index is 0.0542. The average Bonchev–Trinajstić information content (AvgIpc) is 3.01. The number of carbonyl (C=O) groups excluding carboxylic acids is 1. The smallest absolute Gasteiger partial charge is 0.220 e. The van der Waals surface area contributed by atoms with Crippen molar-refractivity contribution in [1.29, 1.82) is 0 Å². The number of amides is 1. The Hall–Kier alpha value is -1.32. The maximum Gasteiger partial charge on any atom is 0.220 e. The first-order chi connectivity index (χ1) is 10.1. The predicted molar refractivity (Wildman–Crippen MR) is 89.9 cm³/mol. The van der Waals surface area contributed by atoms with Crippen LogP contribution >= 0.6 is 22.9 Å². The van der Waals surface area contributed by atoms with Crippen LogP contribution in [0.25, 0.3) is 0 Å². The van der Waals surface area contributed by atoms with Gasteiger partial charge in [-0.05, 0) is 36.8 Å². The van der Waals surface area contributed by atoms with Crippen LogP contribution in [-0.4, -0.2) is 11.8 Å². The zero-order valence-electron chi connectivity index (χ0n) is 12.1. The van der Waals surface area contributed by atoms with Crippen LogP contribution in [0.3, 0.4) is 0 Å². The highest BCUT2D eigenvalue weighted by Gasteiger charge is 2.27. The number of nitrogens with one attached hydrogen (secondary N) is 1. The van der Waals surface area contributed by atoms with E-state index in [1.165, 1.54) is 4.88 Å². The lowest BCUT2D eigenvalue weighted by atomic mass is 9.94. The SMILES string of the molecule is CC(CCl)(NC(=O)CCCc1cccs1)c1ccccc1. The number of carbonyl (C=O) groups is 1. The van der Waals surface area contributed by atoms with Crippen molar-refractivity contribution < 1.29 is 4.79 Å². The quantitative estimate of drug-likeness (QED) is 0.755. The van der Waals surface area contributed by atoms with Crippen LogP contribution in [-0.2, 0) is 16.8 Å². The van der Waals surface area contributed by atoms with E-state index < -0.39 is 5.54 Å². The molecule has 0 bridgehead atoms. The highest BCUT2D eigenvalue weighted by atomic mass is 35.5. The summed E-state index contributed by atoms with van der Waals surface area (Å²) in [6, 6.07) is 14.0. The Morgan fingerprint density at radius 2 is 2.00 bits per heavy atom. The molecule has 4 heteroatoms. The summed E-state index contributed by atoms with van der Waals surface area (Å²) in [7, 11) is 0. The molecule has 0 aliphatic carbocycles. The summed E-state index contributed by atoms with van der Waals surface area (Å²) in [6.45, 7) is 1.96. The van der Waals surface area contributed by atoms with E-state index in [-0.39, 0.29) is 5.91 Å². The molecule has 112 valence electrons. The van der Waals surface area contributed by atoms with E-state index in [1.807, 2.05) is 43.3 Å². The summed E-state index contributed by atoms with van der Waals surface area (Å²) in [5.41, 5.74) is 0.523. The van der Waals surface area contributed by atoms with Gasteiger partial charge in [-0.25, -0.2) is 0 Å². The third-order valence-electron chi connectivity index (χ3n) is 3.50. The van der Waals surface area contributed by atoms with Crippen LogP contribution in [0.15, 0.2) is 47.8 Å². The zero-order valence-corrected chi connectivity index (χ0v) is 13.7. The molecule has 0 radical (unpaired) electrons. The van der Waals surface area contributed by atoms with E-state index in [0.717, 1.165) is 18.4 Å². The molecule has 0 spiro atoms. The fourth-order valence-corrected chi connectivity index (χ4v) is 3.21. The third-order valence-corrected chi connectivity index (χ3v) is 4.97. The summed E-state index contributed by atoms with van der Waals surface area (Å²) in [5.74, 6) is 0.409. The second-order valence-electron chi connectivity index (χ2n) is 5.31. The second kappa shape index (κ2) is 7.62. The van der Waals surface area contributed by atoms with Crippen molar-refractivity contribution in [2.75, 3.05) is 5.88 Å². The minimum atomic E-state index is -0.511. The van der Waals surface area contributed by atoms with Gasteiger partial charge < -0.3 is 5.32 Å². The molecular weight excluding hydrogens is 302 g/mol. The predicted octanol–water partition coefficient (Wildman–Crippen LogP) is 4.34. The molecule has 0 saturated heterocycles. The van der Waals surface area contributed by atoms with Gasteiger partial charge in [-0.15, -0.1) is 22.9 Å². The van der Waals surface area contributed by atoms with Gasteiger partial charge in [0.1, 0.15) is 0 Å². The van der Waals surface area contributed by atoms with E-state index in [1.54, 1.807) is 11.3 Å². The molecule has 1 aromatic carbocycles. The van der Waals surface area contributed by atoms with Crippen LogP contribution in [0.4, 0.5) is 0 Å². The van der Waals surface area contributed by atoms with Crippen LogP contribution in [0.5, 0.6) is 0 Å². The lowest BCUT2D eigenvalue weighted by Crippen LogP contribution is -2.45. The van der Waals surface area contributed by atoms with Gasteiger partial charge in [-0.1, -0.05) is 36.4 Å². The molecule has 0 aliphatic heterocycles. The third kappa shape index (κ3) is 4.58. The molecule has 1 aromatic heterocycles. The molecular formula is C17H20ClNOS. The molecule has 21 heavy (non-hydrogen) atoms. The van der Waals surface area contributed by atoms with Gasteiger partial charge in [0.2, 0.25) is 5.91 Å². The molecule has 0 saturated carbocycles. The van der Waals surface area contributed by atoms with E-state index in [9.17, 15) is 4.79 Å². The van der Waals surface area contributed by atoms with Crippen LogP contribution < -0.4 is 5.32 Å². The Morgan fingerprint density at radius 3 is 2.62 bits per heavy atom. The first-order valence-electron chi connectivity index (χ1n) is 7.09. The maximum atomic E-state index is 12.2.